The van der Waals surface area contributed by atoms with Gasteiger partial charge in [-0.2, -0.15) is 13.2 Å². The van der Waals surface area contributed by atoms with Gasteiger partial charge in [-0.3, -0.25) is 0 Å². The number of amides is 2. The molecule has 2 N–H and O–H groups in total. The normalized spacial score (nSPS) is 12.6. The van der Waals surface area contributed by atoms with E-state index in [0.717, 1.165) is 30.2 Å². The van der Waals surface area contributed by atoms with Gasteiger partial charge in [0.1, 0.15) is 0 Å². The Morgan fingerprint density at radius 2 is 1.80 bits per heavy atom. The van der Waals surface area contributed by atoms with Crippen LogP contribution in [0.25, 0.3) is 0 Å². The van der Waals surface area contributed by atoms with Gasteiger partial charge in [0.25, 0.3) is 0 Å². The lowest BCUT2D eigenvalue weighted by Gasteiger charge is -2.17. The number of halogens is 4. The topological polar surface area (TPSA) is 41.1 Å². The van der Waals surface area contributed by atoms with Crippen molar-refractivity contribution >= 4 is 23.3 Å². The molecule has 0 aliphatic heterocycles. The highest BCUT2D eigenvalue weighted by Crippen LogP contribution is 2.33. The molecule has 0 aliphatic rings. The molecule has 0 fully saturated rings. The van der Waals surface area contributed by atoms with Gasteiger partial charge in [-0.05, 0) is 42.7 Å². The maximum absolute atomic E-state index is 12.8. The van der Waals surface area contributed by atoms with Crippen LogP contribution in [-0.2, 0) is 12.6 Å². The fraction of sp³-hybridized carbons (Fsp3) is 0.278. The number of hydrogen-bond donors (Lipinski definition) is 2. The highest BCUT2D eigenvalue weighted by Gasteiger charge is 2.31. The lowest BCUT2D eigenvalue weighted by atomic mass is 10.1. The highest BCUT2D eigenvalue weighted by molar-refractivity contribution is 6.33. The summed E-state index contributed by atoms with van der Waals surface area (Å²) < 4.78 is 38.3. The number of urea groups is 1. The minimum absolute atomic E-state index is 0.0306. The largest absolute Gasteiger partial charge is 0.416 e. The zero-order valence-electron chi connectivity index (χ0n) is 13.7. The minimum atomic E-state index is -4.51. The Labute approximate surface area is 149 Å². The molecule has 0 bridgehead atoms. The molecular formula is C18H18ClF3N2O. The summed E-state index contributed by atoms with van der Waals surface area (Å²) in [6.07, 6.45) is -3.59. The zero-order valence-corrected chi connectivity index (χ0v) is 14.5. The van der Waals surface area contributed by atoms with E-state index in [1.165, 1.54) is 5.56 Å². The molecule has 2 amide bonds. The summed E-state index contributed by atoms with van der Waals surface area (Å²) in [5, 5.41) is 5.07. The van der Waals surface area contributed by atoms with Gasteiger partial charge in [-0.25, -0.2) is 4.79 Å². The standard InChI is InChI=1S/C18H18ClF3N2O/c1-3-12-4-6-13(7-5-12)11(2)23-17(25)24-16-10-14(18(20,21)22)8-9-15(16)19/h4-11H,3H2,1-2H3,(H2,23,24,25)/t11-/m1/s1. The third-order valence-electron chi connectivity index (χ3n) is 3.78. The van der Waals surface area contributed by atoms with E-state index in [1.807, 2.05) is 31.2 Å². The molecule has 1 atom stereocenters. The van der Waals surface area contributed by atoms with E-state index >= 15 is 0 Å². The van der Waals surface area contributed by atoms with Gasteiger partial charge in [-0.1, -0.05) is 42.8 Å². The van der Waals surface area contributed by atoms with E-state index in [0.29, 0.717) is 0 Å². The maximum atomic E-state index is 12.8. The molecule has 7 heteroatoms. The summed E-state index contributed by atoms with van der Waals surface area (Å²) in [5.74, 6) is 0. The van der Waals surface area contributed by atoms with E-state index in [4.69, 9.17) is 11.6 Å². The van der Waals surface area contributed by atoms with Crippen LogP contribution in [0.3, 0.4) is 0 Å². The Balaban J connectivity index is 2.06. The summed E-state index contributed by atoms with van der Waals surface area (Å²) in [6, 6.07) is 9.58. The molecule has 0 aromatic heterocycles. The number of hydrogen-bond acceptors (Lipinski definition) is 1. The summed E-state index contributed by atoms with van der Waals surface area (Å²) in [4.78, 5) is 12.1. The highest BCUT2D eigenvalue weighted by atomic mass is 35.5. The molecule has 0 saturated heterocycles. The SMILES string of the molecule is CCc1ccc([C@@H](C)NC(=O)Nc2cc(C(F)(F)F)ccc2Cl)cc1. The first-order chi connectivity index (χ1) is 11.7. The van der Waals surface area contributed by atoms with Crippen LogP contribution >= 0.6 is 11.6 Å². The van der Waals surface area contributed by atoms with Crippen LogP contribution < -0.4 is 10.6 Å². The molecule has 3 nitrogen and oxygen atoms in total. The number of benzene rings is 2. The second kappa shape index (κ2) is 7.78. The first-order valence-electron chi connectivity index (χ1n) is 7.73. The van der Waals surface area contributed by atoms with Crippen LogP contribution in [0.4, 0.5) is 23.7 Å². The molecule has 0 radical (unpaired) electrons. The Kier molecular flexibility index (Phi) is 5.95. The molecule has 25 heavy (non-hydrogen) atoms. The number of nitrogens with one attached hydrogen (secondary N) is 2. The van der Waals surface area contributed by atoms with Crippen molar-refractivity contribution in [2.24, 2.45) is 0 Å². The molecule has 134 valence electrons. The van der Waals surface area contributed by atoms with Gasteiger partial charge in [0.2, 0.25) is 0 Å². The third kappa shape index (κ3) is 5.13. The number of rotatable bonds is 4. The number of carbonyl (C=O) groups excluding carboxylic acids is 1. The van der Waals surface area contributed by atoms with E-state index in [-0.39, 0.29) is 16.8 Å². The van der Waals surface area contributed by atoms with Gasteiger partial charge in [0.15, 0.2) is 0 Å². The molecule has 0 saturated carbocycles. The zero-order chi connectivity index (χ0) is 18.6. The van der Waals surface area contributed by atoms with E-state index in [9.17, 15) is 18.0 Å². The van der Waals surface area contributed by atoms with Crippen LogP contribution in [0.1, 0.15) is 36.6 Å². The van der Waals surface area contributed by atoms with Crippen molar-refractivity contribution in [1.82, 2.24) is 5.32 Å². The van der Waals surface area contributed by atoms with Gasteiger partial charge in [0, 0.05) is 0 Å². The van der Waals surface area contributed by atoms with Crippen LogP contribution in [0.5, 0.6) is 0 Å². The molecule has 0 aliphatic carbocycles. The van der Waals surface area contributed by atoms with Crippen molar-refractivity contribution in [2.75, 3.05) is 5.32 Å². The minimum Gasteiger partial charge on any atom is -0.331 e. The average Bonchev–Trinajstić information content (AvgIpc) is 2.55. The summed E-state index contributed by atoms with van der Waals surface area (Å²) in [5.41, 5.74) is 1.09. The van der Waals surface area contributed by atoms with Crippen LogP contribution in [0.15, 0.2) is 42.5 Å². The predicted octanol–water partition coefficient (Wildman–Crippen LogP) is 5.80. The Bertz CT molecular complexity index is 745. The number of aryl methyl sites for hydroxylation is 1. The Morgan fingerprint density at radius 3 is 2.36 bits per heavy atom. The molecule has 2 aromatic carbocycles. The lowest BCUT2D eigenvalue weighted by molar-refractivity contribution is -0.137. The first kappa shape index (κ1) is 19.1. The maximum Gasteiger partial charge on any atom is 0.416 e. The molecule has 0 unspecified atom stereocenters. The third-order valence-corrected chi connectivity index (χ3v) is 4.11. The van der Waals surface area contributed by atoms with E-state index < -0.39 is 17.8 Å². The van der Waals surface area contributed by atoms with E-state index in [1.54, 1.807) is 6.92 Å². The van der Waals surface area contributed by atoms with E-state index in [2.05, 4.69) is 10.6 Å². The fourth-order valence-electron chi connectivity index (χ4n) is 2.28. The quantitative estimate of drug-likeness (QED) is 0.701. The van der Waals surface area contributed by atoms with Gasteiger partial charge < -0.3 is 10.6 Å². The first-order valence-corrected chi connectivity index (χ1v) is 8.11. The van der Waals surface area contributed by atoms with Crippen molar-refractivity contribution in [3.8, 4) is 0 Å². The summed E-state index contributed by atoms with van der Waals surface area (Å²) >= 11 is 5.87. The van der Waals surface area contributed by atoms with Crippen LogP contribution in [0.2, 0.25) is 5.02 Å². The number of carbonyl (C=O) groups is 1. The summed E-state index contributed by atoms with van der Waals surface area (Å²) in [7, 11) is 0. The van der Waals surface area contributed by atoms with Crippen LogP contribution in [-0.4, -0.2) is 6.03 Å². The molecule has 2 aromatic rings. The number of alkyl halides is 3. The second-order valence-corrected chi connectivity index (χ2v) is 6.01. The molecule has 0 heterocycles. The van der Waals surface area contributed by atoms with Crippen molar-refractivity contribution in [3.05, 3.63) is 64.2 Å². The van der Waals surface area contributed by atoms with Crippen molar-refractivity contribution in [3.63, 3.8) is 0 Å². The smallest absolute Gasteiger partial charge is 0.331 e. The lowest BCUT2D eigenvalue weighted by Crippen LogP contribution is -2.31. The van der Waals surface area contributed by atoms with Gasteiger partial charge >= 0.3 is 12.2 Å². The fourth-order valence-corrected chi connectivity index (χ4v) is 2.44. The van der Waals surface area contributed by atoms with Crippen molar-refractivity contribution < 1.29 is 18.0 Å². The monoisotopic (exact) mass is 370 g/mol. The van der Waals surface area contributed by atoms with Crippen molar-refractivity contribution in [2.45, 2.75) is 32.5 Å². The predicted molar refractivity (Wildman–Crippen MR) is 92.8 cm³/mol. The molecule has 0 spiro atoms. The Hall–Kier alpha value is -2.21. The summed E-state index contributed by atoms with van der Waals surface area (Å²) in [6.45, 7) is 3.83. The number of anilines is 1. The second-order valence-electron chi connectivity index (χ2n) is 5.61. The van der Waals surface area contributed by atoms with Gasteiger partial charge in [0.05, 0.1) is 22.3 Å². The van der Waals surface area contributed by atoms with Crippen molar-refractivity contribution in [1.29, 1.82) is 0 Å². The molecular weight excluding hydrogens is 353 g/mol. The average molecular weight is 371 g/mol. The van der Waals surface area contributed by atoms with Crippen LogP contribution in [0, 0.1) is 0 Å². The molecule has 2 rings (SSSR count). The van der Waals surface area contributed by atoms with Gasteiger partial charge in [-0.15, -0.1) is 0 Å². The Morgan fingerprint density at radius 1 is 1.16 bits per heavy atom.